The van der Waals surface area contributed by atoms with Crippen LogP contribution < -0.4 is 10.6 Å². The summed E-state index contributed by atoms with van der Waals surface area (Å²) in [4.78, 5) is 12.1. The van der Waals surface area contributed by atoms with Crippen LogP contribution in [0.1, 0.15) is 6.92 Å². The first-order chi connectivity index (χ1) is 10.4. The molecule has 1 aliphatic heterocycles. The third-order valence-corrected chi connectivity index (χ3v) is 5.54. The number of nitrogens with one attached hydrogen (secondary N) is 2. The summed E-state index contributed by atoms with van der Waals surface area (Å²) in [6.07, 6.45) is 0. The van der Waals surface area contributed by atoms with Gasteiger partial charge >= 0.3 is 0 Å². The molecule has 122 valence electrons. The second-order valence-corrected chi connectivity index (χ2v) is 7.34. The highest BCUT2D eigenvalue weighted by Gasteiger charge is 2.28. The van der Waals surface area contributed by atoms with Gasteiger partial charge in [-0.25, -0.2) is 12.8 Å². The van der Waals surface area contributed by atoms with Gasteiger partial charge in [0.2, 0.25) is 15.9 Å². The van der Waals surface area contributed by atoms with Crippen molar-refractivity contribution in [3.05, 3.63) is 30.1 Å². The summed E-state index contributed by atoms with van der Waals surface area (Å²) in [6, 6.07) is 5.49. The molecule has 0 saturated carbocycles. The fraction of sp³-hybridized carbons (Fsp3) is 0.500. The van der Waals surface area contributed by atoms with E-state index in [1.807, 2.05) is 0 Å². The van der Waals surface area contributed by atoms with Gasteiger partial charge in [-0.1, -0.05) is 13.0 Å². The Bertz CT molecular complexity index is 630. The second-order valence-electron chi connectivity index (χ2n) is 5.33. The number of piperazine rings is 1. The standard InChI is InChI=1S/C14H20FN3O3S/c1-11(10-22(20,21)18-7-5-16-6-8-18)14(19)17-13-4-2-3-12(15)9-13/h2-4,9,11,16H,5-8,10H2,1H3,(H,17,19). The first-order valence-corrected chi connectivity index (χ1v) is 8.74. The van der Waals surface area contributed by atoms with Gasteiger partial charge in [0, 0.05) is 31.9 Å². The van der Waals surface area contributed by atoms with E-state index in [9.17, 15) is 17.6 Å². The molecule has 0 bridgehead atoms. The summed E-state index contributed by atoms with van der Waals surface area (Å²) in [6.45, 7) is 3.61. The van der Waals surface area contributed by atoms with E-state index in [1.54, 1.807) is 13.0 Å². The van der Waals surface area contributed by atoms with E-state index in [0.717, 1.165) is 0 Å². The molecule has 1 saturated heterocycles. The van der Waals surface area contributed by atoms with Crippen LogP contribution in [0.2, 0.25) is 0 Å². The normalized spacial score (nSPS) is 17.9. The molecule has 1 aromatic rings. The molecule has 0 spiro atoms. The average molecular weight is 329 g/mol. The molecule has 6 nitrogen and oxygen atoms in total. The molecular formula is C14H20FN3O3S. The minimum Gasteiger partial charge on any atom is -0.326 e. The monoisotopic (exact) mass is 329 g/mol. The minimum atomic E-state index is -3.47. The molecule has 1 atom stereocenters. The third kappa shape index (κ3) is 4.49. The van der Waals surface area contributed by atoms with Gasteiger partial charge in [-0.15, -0.1) is 0 Å². The van der Waals surface area contributed by atoms with Crippen molar-refractivity contribution in [3.8, 4) is 0 Å². The van der Waals surface area contributed by atoms with E-state index in [0.29, 0.717) is 31.9 Å². The van der Waals surface area contributed by atoms with Crippen molar-refractivity contribution < 1.29 is 17.6 Å². The molecule has 1 heterocycles. The van der Waals surface area contributed by atoms with Crippen molar-refractivity contribution >= 4 is 21.6 Å². The molecule has 0 radical (unpaired) electrons. The Morgan fingerprint density at radius 1 is 1.41 bits per heavy atom. The molecule has 1 fully saturated rings. The number of hydrogen-bond donors (Lipinski definition) is 2. The summed E-state index contributed by atoms with van der Waals surface area (Å²) in [5, 5.41) is 5.61. The molecule has 2 N–H and O–H groups in total. The quantitative estimate of drug-likeness (QED) is 0.831. The Hall–Kier alpha value is -1.51. The second kappa shape index (κ2) is 7.17. The zero-order valence-corrected chi connectivity index (χ0v) is 13.2. The van der Waals surface area contributed by atoms with Gasteiger partial charge in [0.25, 0.3) is 0 Å². The van der Waals surface area contributed by atoms with Crippen molar-refractivity contribution in [2.24, 2.45) is 5.92 Å². The third-order valence-electron chi connectivity index (χ3n) is 3.47. The van der Waals surface area contributed by atoms with Gasteiger partial charge in [-0.2, -0.15) is 4.31 Å². The maximum Gasteiger partial charge on any atom is 0.228 e. The molecule has 1 unspecified atom stereocenters. The Labute approximate surface area is 129 Å². The molecule has 1 aromatic carbocycles. The minimum absolute atomic E-state index is 0.256. The van der Waals surface area contributed by atoms with Crippen LogP contribution in [0, 0.1) is 11.7 Å². The van der Waals surface area contributed by atoms with Crippen molar-refractivity contribution in [1.29, 1.82) is 0 Å². The molecular weight excluding hydrogens is 309 g/mol. The van der Waals surface area contributed by atoms with E-state index in [1.165, 1.54) is 22.5 Å². The number of amides is 1. The lowest BCUT2D eigenvalue weighted by molar-refractivity contribution is -0.118. The molecule has 0 aliphatic carbocycles. The van der Waals surface area contributed by atoms with Crippen LogP contribution in [0.15, 0.2) is 24.3 Å². The predicted octanol–water partition coefficient (Wildman–Crippen LogP) is 0.635. The van der Waals surface area contributed by atoms with Crippen molar-refractivity contribution in [2.75, 3.05) is 37.2 Å². The van der Waals surface area contributed by atoms with Crippen molar-refractivity contribution in [3.63, 3.8) is 0 Å². The first-order valence-electron chi connectivity index (χ1n) is 7.13. The molecule has 1 amide bonds. The lowest BCUT2D eigenvalue weighted by Gasteiger charge is -2.27. The number of anilines is 1. The Balaban J connectivity index is 1.95. The fourth-order valence-corrected chi connectivity index (χ4v) is 3.98. The van der Waals surface area contributed by atoms with E-state index in [2.05, 4.69) is 10.6 Å². The zero-order chi connectivity index (χ0) is 16.2. The molecule has 1 aliphatic rings. The first kappa shape index (κ1) is 16.9. The van der Waals surface area contributed by atoms with Crippen LogP contribution in [-0.2, 0) is 14.8 Å². The number of sulfonamides is 1. The highest BCUT2D eigenvalue weighted by molar-refractivity contribution is 7.89. The van der Waals surface area contributed by atoms with Crippen molar-refractivity contribution in [2.45, 2.75) is 6.92 Å². The maximum atomic E-state index is 13.1. The van der Waals surface area contributed by atoms with Crippen LogP contribution in [0.3, 0.4) is 0 Å². The Morgan fingerprint density at radius 2 is 2.09 bits per heavy atom. The zero-order valence-electron chi connectivity index (χ0n) is 12.4. The summed E-state index contributed by atoms with van der Waals surface area (Å²) >= 11 is 0. The number of rotatable bonds is 5. The van der Waals surface area contributed by atoms with E-state index >= 15 is 0 Å². The summed E-state index contributed by atoms with van der Waals surface area (Å²) < 4.78 is 39.0. The molecule has 22 heavy (non-hydrogen) atoms. The Morgan fingerprint density at radius 3 is 2.73 bits per heavy atom. The largest absolute Gasteiger partial charge is 0.326 e. The van der Waals surface area contributed by atoms with Gasteiger partial charge in [-0.3, -0.25) is 4.79 Å². The smallest absolute Gasteiger partial charge is 0.228 e. The molecule has 0 aromatic heterocycles. The molecule has 8 heteroatoms. The van der Waals surface area contributed by atoms with Crippen LogP contribution in [0.5, 0.6) is 0 Å². The lowest BCUT2D eigenvalue weighted by atomic mass is 10.2. The van der Waals surface area contributed by atoms with Gasteiger partial charge in [-0.05, 0) is 18.2 Å². The summed E-state index contributed by atoms with van der Waals surface area (Å²) in [5.74, 6) is -1.87. The van der Waals surface area contributed by atoms with Crippen LogP contribution >= 0.6 is 0 Å². The summed E-state index contributed by atoms with van der Waals surface area (Å²) in [7, 11) is -3.47. The van der Waals surface area contributed by atoms with Gasteiger partial charge in [0.1, 0.15) is 5.82 Å². The SMILES string of the molecule is CC(CS(=O)(=O)N1CCNCC1)C(=O)Nc1cccc(F)c1. The number of benzene rings is 1. The highest BCUT2D eigenvalue weighted by atomic mass is 32.2. The number of halogens is 1. The average Bonchev–Trinajstić information content (AvgIpc) is 2.47. The Kier molecular flexibility index (Phi) is 5.49. The van der Waals surface area contributed by atoms with Crippen LogP contribution in [-0.4, -0.2) is 50.6 Å². The number of hydrogen-bond acceptors (Lipinski definition) is 4. The van der Waals surface area contributed by atoms with E-state index < -0.39 is 27.7 Å². The van der Waals surface area contributed by atoms with Crippen molar-refractivity contribution in [1.82, 2.24) is 9.62 Å². The summed E-state index contributed by atoms with van der Waals surface area (Å²) in [5.41, 5.74) is 0.316. The lowest BCUT2D eigenvalue weighted by Crippen LogP contribution is -2.48. The number of nitrogens with zero attached hydrogens (tertiary/aromatic N) is 1. The van der Waals surface area contributed by atoms with Gasteiger partial charge in [0.05, 0.1) is 11.7 Å². The number of carbonyl (C=O) groups excluding carboxylic acids is 1. The predicted molar refractivity (Wildman–Crippen MR) is 82.4 cm³/mol. The molecule has 2 rings (SSSR count). The van der Waals surface area contributed by atoms with Crippen LogP contribution in [0.4, 0.5) is 10.1 Å². The van der Waals surface area contributed by atoms with E-state index in [-0.39, 0.29) is 5.75 Å². The maximum absolute atomic E-state index is 13.1. The van der Waals surface area contributed by atoms with E-state index in [4.69, 9.17) is 0 Å². The van der Waals surface area contributed by atoms with Gasteiger partial charge < -0.3 is 10.6 Å². The van der Waals surface area contributed by atoms with Crippen LogP contribution in [0.25, 0.3) is 0 Å². The van der Waals surface area contributed by atoms with Gasteiger partial charge in [0.15, 0.2) is 0 Å². The number of carbonyl (C=O) groups is 1. The topological polar surface area (TPSA) is 78.5 Å². The highest BCUT2D eigenvalue weighted by Crippen LogP contribution is 2.13. The fourth-order valence-electron chi connectivity index (χ4n) is 2.25.